The Hall–Kier alpha value is -2.78. The summed E-state index contributed by atoms with van der Waals surface area (Å²) in [7, 11) is 1.57. The lowest BCUT2D eigenvalue weighted by atomic mass is 10.1. The number of quaternary nitrogens is 1. The van der Waals surface area contributed by atoms with E-state index in [2.05, 4.69) is 20.6 Å². The maximum absolute atomic E-state index is 12.3. The number of para-hydroxylation sites is 1. The van der Waals surface area contributed by atoms with Crippen LogP contribution in [0.2, 0.25) is 0 Å². The van der Waals surface area contributed by atoms with Crippen LogP contribution in [0.4, 0.5) is 4.79 Å². The van der Waals surface area contributed by atoms with E-state index in [0.29, 0.717) is 36.4 Å². The predicted molar refractivity (Wildman–Crippen MR) is 105 cm³/mol. The number of rotatable bonds is 7. The van der Waals surface area contributed by atoms with Crippen molar-refractivity contribution in [3.8, 4) is 0 Å². The first kappa shape index (κ1) is 21.5. The molecule has 1 atom stereocenters. The van der Waals surface area contributed by atoms with E-state index in [0.717, 1.165) is 4.90 Å². The molecule has 152 valence electrons. The Labute approximate surface area is 163 Å². The highest BCUT2D eigenvalue weighted by Crippen LogP contribution is 2.04. The van der Waals surface area contributed by atoms with Gasteiger partial charge in [-0.1, -0.05) is 12.1 Å². The summed E-state index contributed by atoms with van der Waals surface area (Å²) in [6.45, 7) is 6.78. The van der Waals surface area contributed by atoms with Gasteiger partial charge in [0.2, 0.25) is 0 Å². The molecule has 0 saturated carbocycles. The van der Waals surface area contributed by atoms with Crippen LogP contribution in [0.3, 0.4) is 0 Å². The minimum absolute atomic E-state index is 0.0391. The summed E-state index contributed by atoms with van der Waals surface area (Å²) in [5, 5.41) is 5.52. The second-order valence-corrected chi connectivity index (χ2v) is 7.63. The molecule has 9 heteroatoms. The molecule has 0 fully saturated rings. The summed E-state index contributed by atoms with van der Waals surface area (Å²) < 4.78 is 5.11. The molecule has 0 aliphatic carbocycles. The zero-order valence-electron chi connectivity index (χ0n) is 16.7. The maximum atomic E-state index is 12.3. The molecule has 0 spiro atoms. The molecule has 1 aromatic carbocycles. The van der Waals surface area contributed by atoms with E-state index in [1.165, 1.54) is 0 Å². The summed E-state index contributed by atoms with van der Waals surface area (Å²) in [4.78, 5) is 44.4. The fourth-order valence-corrected chi connectivity index (χ4v) is 2.71. The molecular formula is C19H28N5O4+. The van der Waals surface area contributed by atoms with Crippen LogP contribution in [-0.2, 0) is 16.1 Å². The molecule has 28 heavy (non-hydrogen) atoms. The first-order valence-corrected chi connectivity index (χ1v) is 9.10. The quantitative estimate of drug-likeness (QED) is 0.512. The average Bonchev–Trinajstić information content (AvgIpc) is 2.57. The average molecular weight is 390 g/mol. The number of hydrogen-bond acceptors (Lipinski definition) is 5. The number of fused-ring (bicyclic) bond motifs is 1. The van der Waals surface area contributed by atoms with Gasteiger partial charge < -0.3 is 19.9 Å². The number of ether oxygens (including phenoxy) is 1. The lowest BCUT2D eigenvalue weighted by molar-refractivity contribution is -0.906. The van der Waals surface area contributed by atoms with Crippen molar-refractivity contribution in [2.75, 3.05) is 26.8 Å². The Morgan fingerprint density at radius 3 is 2.64 bits per heavy atom. The van der Waals surface area contributed by atoms with Crippen molar-refractivity contribution in [2.45, 2.75) is 32.9 Å². The van der Waals surface area contributed by atoms with E-state index in [-0.39, 0.29) is 12.1 Å². The second kappa shape index (κ2) is 9.43. The van der Waals surface area contributed by atoms with Crippen LogP contribution in [0.5, 0.6) is 0 Å². The van der Waals surface area contributed by atoms with Crippen molar-refractivity contribution < 1.29 is 19.2 Å². The number of nitrogens with one attached hydrogen (secondary N) is 4. The van der Waals surface area contributed by atoms with Gasteiger partial charge in [-0.3, -0.25) is 14.9 Å². The Bertz CT molecular complexity index is 888. The van der Waals surface area contributed by atoms with Gasteiger partial charge in [0.1, 0.15) is 13.1 Å². The van der Waals surface area contributed by atoms with Crippen molar-refractivity contribution in [3.05, 3.63) is 40.4 Å². The van der Waals surface area contributed by atoms with Crippen molar-refractivity contribution in [2.24, 2.45) is 0 Å². The van der Waals surface area contributed by atoms with Crippen LogP contribution in [0, 0.1) is 0 Å². The third kappa shape index (κ3) is 6.75. The number of carbonyl (C=O) groups excluding carboxylic acids is 2. The zero-order valence-corrected chi connectivity index (χ0v) is 16.7. The molecule has 1 heterocycles. The minimum Gasteiger partial charge on any atom is -0.379 e. The fourth-order valence-electron chi connectivity index (χ4n) is 2.71. The van der Waals surface area contributed by atoms with Gasteiger partial charge in [-0.15, -0.1) is 0 Å². The van der Waals surface area contributed by atoms with Gasteiger partial charge in [0.15, 0.2) is 12.4 Å². The zero-order chi connectivity index (χ0) is 20.7. The van der Waals surface area contributed by atoms with Gasteiger partial charge >= 0.3 is 6.03 Å². The molecule has 0 aliphatic heterocycles. The van der Waals surface area contributed by atoms with E-state index >= 15 is 0 Å². The van der Waals surface area contributed by atoms with Gasteiger partial charge in [-0.25, -0.2) is 9.78 Å². The lowest BCUT2D eigenvalue weighted by Crippen LogP contribution is -3.12. The highest BCUT2D eigenvalue weighted by molar-refractivity contribution is 5.94. The molecule has 2 aromatic rings. The van der Waals surface area contributed by atoms with Crippen LogP contribution in [0.25, 0.3) is 10.9 Å². The second-order valence-electron chi connectivity index (χ2n) is 7.63. The summed E-state index contributed by atoms with van der Waals surface area (Å²) in [5.74, 6) is 0.0535. The van der Waals surface area contributed by atoms with E-state index < -0.39 is 17.5 Å². The standard InChI is InChI=1S/C19H27N5O4/c1-19(2,3)23-18(27)22-16(25)12-24(9-10-28-4)11-15-20-14-8-6-5-7-13(14)17(26)21-15/h5-8H,9-12H2,1-4H3,(H,20,21,26)(H2,22,23,25,27)/p+1. The minimum atomic E-state index is -0.541. The van der Waals surface area contributed by atoms with E-state index in [1.807, 2.05) is 26.8 Å². The van der Waals surface area contributed by atoms with Gasteiger partial charge in [-0.2, -0.15) is 0 Å². The topological polar surface area (TPSA) is 118 Å². The molecule has 2 rings (SSSR count). The molecule has 0 radical (unpaired) electrons. The third-order valence-corrected chi connectivity index (χ3v) is 3.89. The molecule has 0 bridgehead atoms. The highest BCUT2D eigenvalue weighted by atomic mass is 16.5. The summed E-state index contributed by atoms with van der Waals surface area (Å²) in [5.41, 5.74) is -0.0661. The van der Waals surface area contributed by atoms with Crippen LogP contribution in [0.1, 0.15) is 26.6 Å². The SMILES string of the molecule is COCC[NH+](CC(=O)NC(=O)NC(C)(C)C)Cc1nc2ccccc2c(=O)[nH]1. The molecule has 1 aromatic heterocycles. The molecule has 0 saturated heterocycles. The lowest BCUT2D eigenvalue weighted by Gasteiger charge is -2.21. The van der Waals surface area contributed by atoms with Crippen LogP contribution in [0.15, 0.2) is 29.1 Å². The van der Waals surface area contributed by atoms with Crippen molar-refractivity contribution in [1.82, 2.24) is 20.6 Å². The van der Waals surface area contributed by atoms with Crippen molar-refractivity contribution in [3.63, 3.8) is 0 Å². The largest absolute Gasteiger partial charge is 0.379 e. The van der Waals surface area contributed by atoms with Crippen LogP contribution >= 0.6 is 0 Å². The number of carbonyl (C=O) groups is 2. The smallest absolute Gasteiger partial charge is 0.322 e. The van der Waals surface area contributed by atoms with Crippen molar-refractivity contribution >= 4 is 22.8 Å². The number of hydrogen-bond donors (Lipinski definition) is 4. The number of amides is 3. The number of benzene rings is 1. The highest BCUT2D eigenvalue weighted by Gasteiger charge is 2.20. The third-order valence-electron chi connectivity index (χ3n) is 3.89. The van der Waals surface area contributed by atoms with Crippen molar-refractivity contribution in [1.29, 1.82) is 0 Å². The Kier molecular flexibility index (Phi) is 7.24. The monoisotopic (exact) mass is 390 g/mol. The fraction of sp³-hybridized carbons (Fsp3) is 0.474. The summed E-state index contributed by atoms with van der Waals surface area (Å²) >= 11 is 0. The summed E-state index contributed by atoms with van der Waals surface area (Å²) in [6, 6.07) is 6.53. The van der Waals surface area contributed by atoms with Gasteiger partial charge in [0.25, 0.3) is 11.5 Å². The molecule has 0 aliphatic rings. The van der Waals surface area contributed by atoms with E-state index in [4.69, 9.17) is 4.74 Å². The number of aromatic nitrogens is 2. The number of nitrogens with zero attached hydrogens (tertiary/aromatic N) is 1. The molecule has 9 nitrogen and oxygen atoms in total. The molecular weight excluding hydrogens is 362 g/mol. The van der Waals surface area contributed by atoms with E-state index in [1.54, 1.807) is 25.3 Å². The van der Waals surface area contributed by atoms with E-state index in [9.17, 15) is 14.4 Å². The Balaban J connectivity index is 2.08. The Morgan fingerprint density at radius 2 is 1.96 bits per heavy atom. The first-order chi connectivity index (χ1) is 13.2. The number of aromatic amines is 1. The number of urea groups is 1. The Morgan fingerprint density at radius 1 is 1.25 bits per heavy atom. The number of imide groups is 1. The normalized spacial score (nSPS) is 12.6. The van der Waals surface area contributed by atoms with Gasteiger partial charge in [-0.05, 0) is 32.9 Å². The predicted octanol–water partition coefficient (Wildman–Crippen LogP) is -0.421. The number of H-pyrrole nitrogens is 1. The molecule has 4 N–H and O–H groups in total. The molecule has 3 amide bonds. The molecule has 1 unspecified atom stereocenters. The van der Waals surface area contributed by atoms with Gasteiger partial charge in [0, 0.05) is 12.6 Å². The summed E-state index contributed by atoms with van der Waals surface area (Å²) in [6.07, 6.45) is 0. The number of methoxy groups -OCH3 is 1. The van der Waals surface area contributed by atoms with Crippen LogP contribution in [-0.4, -0.2) is 54.3 Å². The maximum Gasteiger partial charge on any atom is 0.322 e. The van der Waals surface area contributed by atoms with Crippen LogP contribution < -0.4 is 21.1 Å². The first-order valence-electron chi connectivity index (χ1n) is 9.10. The van der Waals surface area contributed by atoms with Gasteiger partial charge in [0.05, 0.1) is 17.5 Å².